The number of hydrogen-bond acceptors (Lipinski definition) is 8. The first kappa shape index (κ1) is 22.1. The van der Waals surface area contributed by atoms with E-state index in [1.54, 1.807) is 31.3 Å². The Hall–Kier alpha value is -3.07. The highest BCUT2D eigenvalue weighted by Crippen LogP contribution is 2.39. The number of nitrogens with zero attached hydrogens (tertiary/aromatic N) is 4. The van der Waals surface area contributed by atoms with Crippen LogP contribution in [0.15, 0.2) is 24.4 Å². The largest absolute Gasteiger partial charge is 0.465 e. The van der Waals surface area contributed by atoms with Crippen LogP contribution in [0.3, 0.4) is 0 Å². The third kappa shape index (κ3) is 4.57. The molecular formula is C23H30N6O3. The normalized spacial score (nSPS) is 22.6. The van der Waals surface area contributed by atoms with E-state index in [0.717, 1.165) is 12.8 Å². The molecule has 9 heteroatoms. The number of nitrogen functional groups attached to an aromatic ring is 1. The average molecular weight is 439 g/mol. The maximum Gasteiger partial charge on any atom is 0.327 e. The van der Waals surface area contributed by atoms with Crippen LogP contribution < -0.4 is 5.73 Å². The van der Waals surface area contributed by atoms with Crippen molar-refractivity contribution < 1.29 is 14.3 Å². The van der Waals surface area contributed by atoms with Gasteiger partial charge in [0.15, 0.2) is 5.78 Å². The van der Waals surface area contributed by atoms with Crippen molar-refractivity contribution in [1.29, 1.82) is 5.41 Å². The number of ether oxygens (including phenoxy) is 1. The second kappa shape index (κ2) is 9.20. The van der Waals surface area contributed by atoms with Gasteiger partial charge in [0.25, 0.3) is 0 Å². The van der Waals surface area contributed by atoms with E-state index in [4.69, 9.17) is 15.9 Å². The topological polar surface area (TPSA) is 127 Å². The van der Waals surface area contributed by atoms with Gasteiger partial charge in [-0.05, 0) is 57.7 Å². The lowest BCUT2D eigenvalue weighted by atomic mass is 9.85. The summed E-state index contributed by atoms with van der Waals surface area (Å²) in [7, 11) is 2.18. The van der Waals surface area contributed by atoms with Crippen LogP contribution in [0.5, 0.6) is 0 Å². The second-order valence-electron chi connectivity index (χ2n) is 8.80. The molecule has 0 spiro atoms. The van der Waals surface area contributed by atoms with E-state index in [-0.39, 0.29) is 24.0 Å². The molecule has 0 amide bonds. The number of nitrogens with two attached hydrogens (primary N) is 1. The summed E-state index contributed by atoms with van der Waals surface area (Å²) in [5, 5.41) is 16.4. The summed E-state index contributed by atoms with van der Waals surface area (Å²) in [4.78, 5) is 26.9. The van der Waals surface area contributed by atoms with Gasteiger partial charge in [0.05, 0.1) is 12.8 Å². The molecule has 0 saturated carbocycles. The Morgan fingerprint density at radius 1 is 1.25 bits per heavy atom. The third-order valence-electron chi connectivity index (χ3n) is 6.70. The minimum Gasteiger partial charge on any atom is -0.465 e. The molecule has 0 aliphatic carbocycles. The van der Waals surface area contributed by atoms with Gasteiger partial charge in [-0.25, -0.2) is 4.68 Å². The Morgan fingerprint density at radius 3 is 2.62 bits per heavy atom. The molecule has 4 rings (SSSR count). The zero-order chi connectivity index (χ0) is 22.8. The molecule has 1 aromatic carbocycles. The molecule has 32 heavy (non-hydrogen) atoms. The van der Waals surface area contributed by atoms with Crippen LogP contribution in [0.25, 0.3) is 11.3 Å². The average Bonchev–Trinajstić information content (AvgIpc) is 3.28. The Bertz CT molecular complexity index is 1020. The number of nitrogens with one attached hydrogen (secondary N) is 1. The predicted octanol–water partition coefficient (Wildman–Crippen LogP) is 2.29. The zero-order valence-electron chi connectivity index (χ0n) is 18.6. The monoisotopic (exact) mass is 438 g/mol. The molecule has 1 aromatic heterocycles. The van der Waals surface area contributed by atoms with Crippen molar-refractivity contribution in [2.75, 3.05) is 19.4 Å². The molecule has 2 unspecified atom stereocenters. The molecule has 9 nitrogen and oxygen atoms in total. The van der Waals surface area contributed by atoms with Crippen molar-refractivity contribution >= 4 is 23.2 Å². The number of Topliss-reactive ketones (excluding diaryl/α,β-unsaturated/α-hetero) is 1. The number of ketones is 1. The molecule has 2 fully saturated rings. The fourth-order valence-corrected chi connectivity index (χ4v) is 5.00. The number of piperidine rings is 1. The number of aromatic nitrogens is 3. The fraction of sp³-hybridized carbons (Fsp3) is 0.522. The number of carbonyl (C=O) groups excluding carboxylic acids is 2. The Morgan fingerprint density at radius 2 is 1.97 bits per heavy atom. The quantitative estimate of drug-likeness (QED) is 0.368. The number of carbonyl (C=O) groups is 2. The van der Waals surface area contributed by atoms with Gasteiger partial charge in [-0.3, -0.25) is 15.0 Å². The maximum absolute atomic E-state index is 12.8. The van der Waals surface area contributed by atoms with E-state index in [2.05, 4.69) is 22.3 Å². The first-order chi connectivity index (χ1) is 15.4. The van der Waals surface area contributed by atoms with E-state index in [1.165, 1.54) is 17.5 Å². The highest BCUT2D eigenvalue weighted by molar-refractivity contribution is 6.46. The molecule has 2 aromatic rings. The van der Waals surface area contributed by atoms with E-state index in [0.29, 0.717) is 53.5 Å². The lowest BCUT2D eigenvalue weighted by Gasteiger charge is -2.36. The Labute approximate surface area is 187 Å². The molecule has 170 valence electrons. The number of fused-ring (bicyclic) bond motifs is 2. The summed E-state index contributed by atoms with van der Waals surface area (Å²) in [6.45, 7) is 2.03. The van der Waals surface area contributed by atoms with Gasteiger partial charge in [0, 0.05) is 35.3 Å². The second-order valence-corrected chi connectivity index (χ2v) is 8.80. The Kier molecular flexibility index (Phi) is 6.36. The van der Waals surface area contributed by atoms with Crippen molar-refractivity contribution in [3.8, 4) is 11.3 Å². The number of benzene rings is 1. The molecule has 2 atom stereocenters. The summed E-state index contributed by atoms with van der Waals surface area (Å²) in [6.07, 6.45) is 6.52. The summed E-state index contributed by atoms with van der Waals surface area (Å²) in [6, 6.07) is 6.28. The molecule has 2 saturated heterocycles. The maximum atomic E-state index is 12.8. The van der Waals surface area contributed by atoms with E-state index < -0.39 is 0 Å². The summed E-state index contributed by atoms with van der Waals surface area (Å²) >= 11 is 0. The molecule has 2 aliphatic heterocycles. The van der Waals surface area contributed by atoms with Gasteiger partial charge in [0.2, 0.25) is 0 Å². The Balaban J connectivity index is 1.40. The van der Waals surface area contributed by atoms with Gasteiger partial charge >= 0.3 is 5.97 Å². The minimum absolute atomic E-state index is 0.0216. The third-order valence-corrected chi connectivity index (χ3v) is 6.70. The van der Waals surface area contributed by atoms with E-state index in [1.807, 2.05) is 0 Å². The van der Waals surface area contributed by atoms with Gasteiger partial charge in [-0.15, -0.1) is 5.10 Å². The standard InChI is InChI=1S/C23H30N6O3/c1-3-32-22(31)13-29-12-20(26-27-29)15-4-7-18(19(24)11-15)23(25)21(30)10-14-8-16-5-6-17(9-14)28(16)2/h4,7,11-12,14,16-17,25H,3,5-6,8-10,13,24H2,1-2H3. The van der Waals surface area contributed by atoms with Gasteiger partial charge in [-0.1, -0.05) is 11.3 Å². The van der Waals surface area contributed by atoms with Gasteiger partial charge in [0.1, 0.15) is 18.0 Å². The summed E-state index contributed by atoms with van der Waals surface area (Å²) in [5.41, 5.74) is 8.21. The molecule has 2 aliphatic rings. The lowest BCUT2D eigenvalue weighted by Crippen LogP contribution is -2.40. The van der Waals surface area contributed by atoms with Gasteiger partial charge < -0.3 is 15.4 Å². The van der Waals surface area contributed by atoms with Crippen LogP contribution in [0.1, 0.15) is 44.6 Å². The van der Waals surface area contributed by atoms with E-state index >= 15 is 0 Å². The van der Waals surface area contributed by atoms with Crippen molar-refractivity contribution in [1.82, 2.24) is 19.9 Å². The van der Waals surface area contributed by atoms with Crippen molar-refractivity contribution in [2.24, 2.45) is 5.92 Å². The lowest BCUT2D eigenvalue weighted by molar-refractivity contribution is -0.144. The SMILES string of the molecule is CCOC(=O)Cn1cc(-c2ccc(C(=N)C(=O)CC3CC4CCC(C3)N4C)c(N)c2)nn1. The van der Waals surface area contributed by atoms with Gasteiger partial charge in [-0.2, -0.15) is 0 Å². The highest BCUT2D eigenvalue weighted by Gasteiger charge is 2.39. The molecule has 3 heterocycles. The molecule has 2 bridgehead atoms. The molecule has 0 radical (unpaired) electrons. The fourth-order valence-electron chi connectivity index (χ4n) is 5.00. The molecular weight excluding hydrogens is 408 g/mol. The van der Waals surface area contributed by atoms with Crippen LogP contribution >= 0.6 is 0 Å². The smallest absolute Gasteiger partial charge is 0.327 e. The van der Waals surface area contributed by atoms with Crippen LogP contribution in [0.4, 0.5) is 5.69 Å². The van der Waals surface area contributed by atoms with Crippen LogP contribution in [0.2, 0.25) is 0 Å². The first-order valence-corrected chi connectivity index (χ1v) is 11.2. The first-order valence-electron chi connectivity index (χ1n) is 11.2. The summed E-state index contributed by atoms with van der Waals surface area (Å²) in [5.74, 6) is -0.200. The predicted molar refractivity (Wildman–Crippen MR) is 120 cm³/mol. The number of anilines is 1. The number of hydrogen-bond donors (Lipinski definition) is 2. The van der Waals surface area contributed by atoms with Crippen LogP contribution in [0, 0.1) is 11.3 Å². The minimum atomic E-state index is -0.386. The number of rotatable bonds is 8. The molecule has 3 N–H and O–H groups in total. The summed E-state index contributed by atoms with van der Waals surface area (Å²) < 4.78 is 6.31. The van der Waals surface area contributed by atoms with Crippen molar-refractivity contribution in [3.63, 3.8) is 0 Å². The van der Waals surface area contributed by atoms with Crippen LogP contribution in [-0.4, -0.2) is 63.1 Å². The van der Waals surface area contributed by atoms with Crippen molar-refractivity contribution in [2.45, 2.75) is 57.7 Å². The number of esters is 1. The zero-order valence-corrected chi connectivity index (χ0v) is 18.6. The van der Waals surface area contributed by atoms with Crippen LogP contribution in [-0.2, 0) is 20.9 Å². The van der Waals surface area contributed by atoms with E-state index in [9.17, 15) is 9.59 Å². The highest BCUT2D eigenvalue weighted by atomic mass is 16.5. The van der Waals surface area contributed by atoms with Crippen molar-refractivity contribution in [3.05, 3.63) is 30.0 Å².